The van der Waals surface area contributed by atoms with Gasteiger partial charge in [0.15, 0.2) is 5.69 Å². The highest BCUT2D eigenvalue weighted by molar-refractivity contribution is 5.78. The molecule has 0 radical (unpaired) electrons. The van der Waals surface area contributed by atoms with Crippen LogP contribution in [-0.2, 0) is 11.3 Å². The molecule has 9 heteroatoms. The Labute approximate surface area is 157 Å². The Bertz CT molecular complexity index is 740. The second kappa shape index (κ2) is 7.77. The lowest BCUT2D eigenvalue weighted by Crippen LogP contribution is -2.45. The van der Waals surface area contributed by atoms with E-state index in [0.29, 0.717) is 19.4 Å². The Morgan fingerprint density at radius 2 is 1.96 bits per heavy atom. The van der Waals surface area contributed by atoms with Gasteiger partial charge in [-0.3, -0.25) is 20.2 Å². The number of rotatable bonds is 5. The maximum atomic E-state index is 11.7. The van der Waals surface area contributed by atoms with Crippen LogP contribution in [0.2, 0.25) is 0 Å². The van der Waals surface area contributed by atoms with Gasteiger partial charge in [0.05, 0.1) is 22.1 Å². The van der Waals surface area contributed by atoms with E-state index in [4.69, 9.17) is 4.74 Å². The summed E-state index contributed by atoms with van der Waals surface area (Å²) in [6.45, 7) is 1.55. The molecule has 0 amide bonds. The Hall–Kier alpha value is -2.26. The summed E-state index contributed by atoms with van der Waals surface area (Å²) in [6.07, 6.45) is 6.60. The molecule has 2 N–H and O–H groups in total. The van der Waals surface area contributed by atoms with Crippen LogP contribution in [0.25, 0.3) is 0 Å². The average Bonchev–Trinajstić information content (AvgIpc) is 2.62. The number of anilines is 1. The van der Waals surface area contributed by atoms with Crippen LogP contribution in [0.4, 0.5) is 17.1 Å². The van der Waals surface area contributed by atoms with Crippen LogP contribution in [0.1, 0.15) is 56.1 Å². The summed E-state index contributed by atoms with van der Waals surface area (Å²) in [6, 6.07) is 1.09. The highest BCUT2D eigenvalue weighted by atomic mass is 16.6. The fraction of sp³-hybridized carbons (Fsp3) is 0.667. The number of nitrogens with zero attached hydrogens (tertiary/aromatic N) is 2. The summed E-state index contributed by atoms with van der Waals surface area (Å²) < 4.78 is 6.05. The van der Waals surface area contributed by atoms with Gasteiger partial charge in [-0.1, -0.05) is 19.3 Å². The molecular formula is C18H25N3O6. The lowest BCUT2D eigenvalue weighted by molar-refractivity contribution is -0.392. The third-order valence-electron chi connectivity index (χ3n) is 5.80. The normalized spacial score (nSPS) is 21.8. The first-order valence-corrected chi connectivity index (χ1v) is 9.33. The molecule has 2 aliphatic rings. The van der Waals surface area contributed by atoms with Gasteiger partial charge in [-0.25, -0.2) is 0 Å². The van der Waals surface area contributed by atoms with Gasteiger partial charge in [-0.05, 0) is 38.2 Å². The van der Waals surface area contributed by atoms with Crippen molar-refractivity contribution in [3.8, 4) is 0 Å². The lowest BCUT2D eigenvalue weighted by Gasteiger charge is -2.43. The quantitative estimate of drug-likeness (QED) is 0.591. The van der Waals surface area contributed by atoms with Crippen molar-refractivity contribution in [1.82, 2.24) is 0 Å². The predicted octanol–water partition coefficient (Wildman–Crippen LogP) is 3.60. The minimum Gasteiger partial charge on any atom is -0.392 e. The summed E-state index contributed by atoms with van der Waals surface area (Å²) in [7, 11) is 0. The van der Waals surface area contributed by atoms with E-state index in [2.05, 4.69) is 5.32 Å². The number of nitro benzene ring substituents is 2. The molecule has 1 aliphatic heterocycles. The third-order valence-corrected chi connectivity index (χ3v) is 5.80. The number of hydrogen-bond acceptors (Lipinski definition) is 7. The Balaban J connectivity index is 1.96. The number of benzene rings is 1. The third kappa shape index (κ3) is 3.89. The maximum Gasteiger partial charge on any atom is 0.302 e. The van der Waals surface area contributed by atoms with E-state index in [1.807, 2.05) is 0 Å². The first-order valence-electron chi connectivity index (χ1n) is 9.33. The second-order valence-electron chi connectivity index (χ2n) is 7.50. The van der Waals surface area contributed by atoms with Crippen LogP contribution in [0.15, 0.2) is 6.07 Å². The van der Waals surface area contributed by atoms with Gasteiger partial charge < -0.3 is 15.2 Å². The van der Waals surface area contributed by atoms with Crippen LogP contribution in [0.3, 0.4) is 0 Å². The van der Waals surface area contributed by atoms with Crippen molar-refractivity contribution in [2.75, 3.05) is 11.9 Å². The fourth-order valence-electron chi connectivity index (χ4n) is 4.38. The molecule has 1 aliphatic carbocycles. The van der Waals surface area contributed by atoms with Crippen LogP contribution in [0.5, 0.6) is 0 Å². The van der Waals surface area contributed by atoms with E-state index >= 15 is 0 Å². The zero-order valence-corrected chi connectivity index (χ0v) is 15.4. The second-order valence-corrected chi connectivity index (χ2v) is 7.50. The van der Waals surface area contributed by atoms with E-state index in [-0.39, 0.29) is 39.8 Å². The summed E-state index contributed by atoms with van der Waals surface area (Å²) in [5.74, 6) is 0. The molecule has 3 rings (SSSR count). The minimum absolute atomic E-state index is 0.0717. The molecule has 1 saturated heterocycles. The van der Waals surface area contributed by atoms with Crippen molar-refractivity contribution in [1.29, 1.82) is 0 Å². The number of hydrogen-bond donors (Lipinski definition) is 2. The predicted molar refractivity (Wildman–Crippen MR) is 98.8 cm³/mol. The SMILES string of the molecule is Cc1c(CO)cc([N+](=O)[O-])c(NC2CCOC3(CCCCC3)C2)c1[N+](=O)[O-]. The molecule has 1 aromatic rings. The summed E-state index contributed by atoms with van der Waals surface area (Å²) in [5, 5.41) is 35.7. The molecule has 0 bridgehead atoms. The van der Waals surface area contributed by atoms with E-state index in [1.165, 1.54) is 19.4 Å². The Kier molecular flexibility index (Phi) is 5.61. The van der Waals surface area contributed by atoms with Crippen molar-refractivity contribution < 1.29 is 19.7 Å². The van der Waals surface area contributed by atoms with Gasteiger partial charge in [0, 0.05) is 24.3 Å². The zero-order valence-electron chi connectivity index (χ0n) is 15.4. The molecule has 1 heterocycles. The van der Waals surface area contributed by atoms with Crippen molar-refractivity contribution in [2.45, 2.75) is 70.1 Å². The molecule has 2 fully saturated rings. The highest BCUT2D eigenvalue weighted by Gasteiger charge is 2.40. The van der Waals surface area contributed by atoms with Crippen LogP contribution in [-0.4, -0.2) is 33.2 Å². The van der Waals surface area contributed by atoms with E-state index in [0.717, 1.165) is 25.7 Å². The average molecular weight is 379 g/mol. The van der Waals surface area contributed by atoms with Crippen molar-refractivity contribution in [2.24, 2.45) is 0 Å². The van der Waals surface area contributed by atoms with Gasteiger partial charge in [-0.15, -0.1) is 0 Å². The number of ether oxygens (including phenoxy) is 1. The van der Waals surface area contributed by atoms with Crippen molar-refractivity contribution in [3.63, 3.8) is 0 Å². The maximum absolute atomic E-state index is 11.7. The lowest BCUT2D eigenvalue weighted by atomic mass is 9.78. The molecule has 0 aromatic heterocycles. The highest BCUT2D eigenvalue weighted by Crippen LogP contribution is 2.43. The van der Waals surface area contributed by atoms with Gasteiger partial charge in [0.2, 0.25) is 0 Å². The van der Waals surface area contributed by atoms with Crippen molar-refractivity contribution in [3.05, 3.63) is 37.4 Å². The number of nitro groups is 2. The van der Waals surface area contributed by atoms with E-state index in [1.54, 1.807) is 0 Å². The Morgan fingerprint density at radius 3 is 2.56 bits per heavy atom. The summed E-state index contributed by atoms with van der Waals surface area (Å²) in [5.41, 5.74) is -0.571. The van der Waals surface area contributed by atoms with Crippen LogP contribution >= 0.6 is 0 Å². The molecule has 1 atom stereocenters. The smallest absolute Gasteiger partial charge is 0.302 e. The monoisotopic (exact) mass is 379 g/mol. The van der Waals surface area contributed by atoms with Crippen LogP contribution < -0.4 is 5.32 Å². The zero-order chi connectivity index (χ0) is 19.6. The molecule has 27 heavy (non-hydrogen) atoms. The molecule has 1 unspecified atom stereocenters. The Morgan fingerprint density at radius 1 is 1.26 bits per heavy atom. The molecular weight excluding hydrogens is 354 g/mol. The summed E-state index contributed by atoms with van der Waals surface area (Å²) >= 11 is 0. The van der Waals surface area contributed by atoms with Gasteiger partial charge in [-0.2, -0.15) is 0 Å². The van der Waals surface area contributed by atoms with E-state index in [9.17, 15) is 25.3 Å². The van der Waals surface area contributed by atoms with Gasteiger partial charge >= 0.3 is 5.69 Å². The molecule has 148 valence electrons. The summed E-state index contributed by atoms with van der Waals surface area (Å²) in [4.78, 5) is 22.0. The molecule has 1 saturated carbocycles. The topological polar surface area (TPSA) is 128 Å². The van der Waals surface area contributed by atoms with Gasteiger partial charge in [0.25, 0.3) is 5.69 Å². The van der Waals surface area contributed by atoms with Crippen molar-refractivity contribution >= 4 is 17.1 Å². The van der Waals surface area contributed by atoms with E-state index < -0.39 is 16.5 Å². The first kappa shape index (κ1) is 19.5. The fourth-order valence-corrected chi connectivity index (χ4v) is 4.38. The first-order chi connectivity index (χ1) is 12.9. The minimum atomic E-state index is -0.635. The van der Waals surface area contributed by atoms with Crippen LogP contribution in [0, 0.1) is 27.2 Å². The van der Waals surface area contributed by atoms with Gasteiger partial charge in [0.1, 0.15) is 0 Å². The number of aliphatic hydroxyl groups excluding tert-OH is 1. The molecule has 1 aromatic carbocycles. The standard InChI is InChI=1S/C18H25N3O6/c1-12-13(11-22)9-15(20(23)24)16(17(12)21(25)26)19-14-5-8-27-18(10-14)6-3-2-4-7-18/h9,14,19,22H,2-8,10-11H2,1H3. The largest absolute Gasteiger partial charge is 0.392 e. The number of nitrogens with one attached hydrogen (secondary N) is 1. The molecule has 1 spiro atoms. The molecule has 9 nitrogen and oxygen atoms in total. The number of aliphatic hydroxyl groups is 1.